The number of aromatic amines is 1. The summed E-state index contributed by atoms with van der Waals surface area (Å²) in [5.41, 5.74) is 13.1. The molecule has 0 spiro atoms. The van der Waals surface area contributed by atoms with E-state index in [1.165, 1.54) is 0 Å². The second-order valence-electron chi connectivity index (χ2n) is 6.73. The molecular weight excluding hydrogens is 332 g/mol. The molecule has 1 amide bonds. The van der Waals surface area contributed by atoms with Gasteiger partial charge in [0.05, 0.1) is 0 Å². The first-order chi connectivity index (χ1) is 12.2. The number of nitrogens with zero attached hydrogens (tertiary/aromatic N) is 1. The van der Waals surface area contributed by atoms with E-state index in [0.29, 0.717) is 12.2 Å². The van der Waals surface area contributed by atoms with Crippen molar-refractivity contribution < 1.29 is 4.79 Å². The Bertz CT molecular complexity index is 839. The van der Waals surface area contributed by atoms with Crippen LogP contribution in [0.3, 0.4) is 0 Å². The highest BCUT2D eigenvalue weighted by atomic mass is 16.2. The van der Waals surface area contributed by atoms with Crippen molar-refractivity contribution in [2.45, 2.75) is 33.7 Å². The van der Waals surface area contributed by atoms with Crippen molar-refractivity contribution in [3.8, 4) is 0 Å². The lowest BCUT2D eigenvalue weighted by molar-refractivity contribution is 0.0999. The molecule has 0 aliphatic heterocycles. The SMILES string of the molecule is Cc1cc(C)cc(Nc2nc(N[C@@H](CN)C(C)C)[nH]c(=O)c2C(N)=O)c1. The molecule has 0 unspecified atom stereocenters. The second kappa shape index (κ2) is 8.01. The summed E-state index contributed by atoms with van der Waals surface area (Å²) in [6.07, 6.45) is 0. The van der Waals surface area contributed by atoms with Gasteiger partial charge in [-0.25, -0.2) is 0 Å². The van der Waals surface area contributed by atoms with Crippen LogP contribution in [0.5, 0.6) is 0 Å². The summed E-state index contributed by atoms with van der Waals surface area (Å²) >= 11 is 0. The van der Waals surface area contributed by atoms with Crippen molar-refractivity contribution in [1.29, 1.82) is 0 Å². The van der Waals surface area contributed by atoms with Gasteiger partial charge in [-0.05, 0) is 43.0 Å². The standard InChI is InChI=1S/C18H26N6O2/c1-9(2)13(8-19)22-18-23-16(14(15(20)25)17(26)24-18)21-12-6-10(3)5-11(4)7-12/h5-7,9,13H,8,19H2,1-4H3,(H2,20,25)(H3,21,22,23,24,26)/t13-/m0/s1. The molecule has 0 aliphatic rings. The second-order valence-corrected chi connectivity index (χ2v) is 6.73. The fraction of sp³-hybridized carbons (Fsp3) is 0.389. The van der Waals surface area contributed by atoms with Gasteiger partial charge in [-0.2, -0.15) is 4.98 Å². The molecule has 1 heterocycles. The number of anilines is 3. The largest absolute Gasteiger partial charge is 0.365 e. The molecule has 1 aromatic carbocycles. The van der Waals surface area contributed by atoms with Crippen molar-refractivity contribution in [2.24, 2.45) is 17.4 Å². The third-order valence-electron chi connectivity index (χ3n) is 4.03. The number of primary amides is 1. The molecule has 26 heavy (non-hydrogen) atoms. The number of H-pyrrole nitrogens is 1. The molecular formula is C18H26N6O2. The lowest BCUT2D eigenvalue weighted by Gasteiger charge is -2.21. The minimum atomic E-state index is -0.851. The van der Waals surface area contributed by atoms with Crippen molar-refractivity contribution >= 4 is 23.4 Å². The van der Waals surface area contributed by atoms with Gasteiger partial charge in [-0.15, -0.1) is 0 Å². The Labute approximate surface area is 152 Å². The molecule has 140 valence electrons. The molecule has 0 saturated heterocycles. The van der Waals surface area contributed by atoms with E-state index in [-0.39, 0.29) is 29.3 Å². The van der Waals surface area contributed by atoms with Crippen LogP contribution < -0.4 is 27.7 Å². The Morgan fingerprint density at radius 2 is 1.85 bits per heavy atom. The number of benzene rings is 1. The highest BCUT2D eigenvalue weighted by molar-refractivity contribution is 5.98. The zero-order chi connectivity index (χ0) is 19.4. The van der Waals surface area contributed by atoms with E-state index in [1.54, 1.807) is 0 Å². The minimum Gasteiger partial charge on any atom is -0.365 e. The topological polar surface area (TPSA) is 139 Å². The van der Waals surface area contributed by atoms with E-state index in [4.69, 9.17) is 11.5 Å². The highest BCUT2D eigenvalue weighted by Crippen LogP contribution is 2.21. The van der Waals surface area contributed by atoms with Crippen LogP contribution in [0.25, 0.3) is 0 Å². The van der Waals surface area contributed by atoms with E-state index < -0.39 is 11.5 Å². The molecule has 0 aliphatic carbocycles. The van der Waals surface area contributed by atoms with Crippen molar-refractivity contribution in [1.82, 2.24) is 9.97 Å². The van der Waals surface area contributed by atoms with Crippen LogP contribution in [0.2, 0.25) is 0 Å². The van der Waals surface area contributed by atoms with Gasteiger partial charge in [0.25, 0.3) is 11.5 Å². The number of nitrogens with one attached hydrogen (secondary N) is 3. The van der Waals surface area contributed by atoms with Crippen molar-refractivity contribution in [3.05, 3.63) is 45.2 Å². The number of aryl methyl sites for hydroxylation is 2. The fourth-order valence-corrected chi connectivity index (χ4v) is 2.72. The third-order valence-corrected chi connectivity index (χ3v) is 4.03. The van der Waals surface area contributed by atoms with Gasteiger partial charge in [0, 0.05) is 18.3 Å². The summed E-state index contributed by atoms with van der Waals surface area (Å²) in [4.78, 5) is 31.0. The van der Waals surface area contributed by atoms with Crippen molar-refractivity contribution in [3.63, 3.8) is 0 Å². The Morgan fingerprint density at radius 1 is 1.23 bits per heavy atom. The van der Waals surface area contributed by atoms with E-state index >= 15 is 0 Å². The van der Waals surface area contributed by atoms with E-state index in [2.05, 4.69) is 20.6 Å². The number of rotatable bonds is 7. The van der Waals surface area contributed by atoms with Crippen molar-refractivity contribution in [2.75, 3.05) is 17.2 Å². The molecule has 8 nitrogen and oxygen atoms in total. The maximum Gasteiger partial charge on any atom is 0.267 e. The van der Waals surface area contributed by atoms with Gasteiger partial charge in [-0.3, -0.25) is 14.6 Å². The lowest BCUT2D eigenvalue weighted by Crippen LogP contribution is -2.36. The quantitative estimate of drug-likeness (QED) is 0.510. The van der Waals surface area contributed by atoms with Gasteiger partial charge in [0.1, 0.15) is 5.56 Å². The smallest absolute Gasteiger partial charge is 0.267 e. The van der Waals surface area contributed by atoms with Gasteiger partial charge in [0.2, 0.25) is 5.95 Å². The minimum absolute atomic E-state index is 0.0772. The number of carbonyl (C=O) groups excluding carboxylic acids is 1. The zero-order valence-corrected chi connectivity index (χ0v) is 15.5. The summed E-state index contributed by atoms with van der Waals surface area (Å²) in [5, 5.41) is 6.13. The van der Waals surface area contributed by atoms with Crippen LogP contribution in [0.15, 0.2) is 23.0 Å². The first-order valence-electron chi connectivity index (χ1n) is 8.47. The average molecular weight is 358 g/mol. The number of nitrogens with two attached hydrogens (primary N) is 2. The first kappa shape index (κ1) is 19.5. The Kier molecular flexibility index (Phi) is 5.99. The first-order valence-corrected chi connectivity index (χ1v) is 8.47. The monoisotopic (exact) mass is 358 g/mol. The molecule has 0 bridgehead atoms. The fourth-order valence-electron chi connectivity index (χ4n) is 2.72. The Balaban J connectivity index is 2.47. The van der Waals surface area contributed by atoms with Crippen LogP contribution in [-0.4, -0.2) is 28.5 Å². The lowest BCUT2D eigenvalue weighted by atomic mass is 10.1. The predicted molar refractivity (Wildman–Crippen MR) is 104 cm³/mol. The number of aromatic nitrogens is 2. The molecule has 1 atom stereocenters. The molecule has 2 rings (SSSR count). The van der Waals surface area contributed by atoms with Crippen LogP contribution >= 0.6 is 0 Å². The maximum atomic E-state index is 12.4. The molecule has 0 saturated carbocycles. The molecule has 0 fully saturated rings. The molecule has 7 N–H and O–H groups in total. The van der Waals surface area contributed by atoms with Gasteiger partial charge < -0.3 is 22.1 Å². The molecule has 0 radical (unpaired) electrons. The predicted octanol–water partition coefficient (Wildman–Crippen LogP) is 1.62. The average Bonchev–Trinajstić information content (AvgIpc) is 2.50. The van der Waals surface area contributed by atoms with E-state index in [1.807, 2.05) is 45.9 Å². The summed E-state index contributed by atoms with van der Waals surface area (Å²) in [5.74, 6) is -0.280. The van der Waals surface area contributed by atoms with Gasteiger partial charge >= 0.3 is 0 Å². The zero-order valence-electron chi connectivity index (χ0n) is 15.5. The maximum absolute atomic E-state index is 12.4. The van der Waals surface area contributed by atoms with Crippen LogP contribution in [-0.2, 0) is 0 Å². The number of amides is 1. The number of carbonyl (C=O) groups is 1. The van der Waals surface area contributed by atoms with E-state index in [0.717, 1.165) is 11.1 Å². The third kappa shape index (κ3) is 4.60. The molecule has 1 aromatic heterocycles. The van der Waals surface area contributed by atoms with Gasteiger partial charge in [-0.1, -0.05) is 19.9 Å². The van der Waals surface area contributed by atoms with E-state index in [9.17, 15) is 9.59 Å². The molecule has 8 heteroatoms. The van der Waals surface area contributed by atoms with Crippen LogP contribution in [0.4, 0.5) is 17.5 Å². The summed E-state index contributed by atoms with van der Waals surface area (Å²) in [6.45, 7) is 8.31. The summed E-state index contributed by atoms with van der Waals surface area (Å²) in [6, 6.07) is 5.73. The highest BCUT2D eigenvalue weighted by Gasteiger charge is 2.19. The molecule has 2 aromatic rings. The van der Waals surface area contributed by atoms with Crippen LogP contribution in [0.1, 0.15) is 35.3 Å². The number of hydrogen-bond donors (Lipinski definition) is 5. The van der Waals surface area contributed by atoms with Gasteiger partial charge in [0.15, 0.2) is 5.82 Å². The Hall–Kier alpha value is -2.87. The Morgan fingerprint density at radius 3 is 2.35 bits per heavy atom. The number of hydrogen-bond acceptors (Lipinski definition) is 6. The summed E-state index contributed by atoms with van der Waals surface area (Å²) < 4.78 is 0. The summed E-state index contributed by atoms with van der Waals surface area (Å²) in [7, 11) is 0. The normalized spacial score (nSPS) is 12.1. The van der Waals surface area contributed by atoms with Crippen LogP contribution in [0, 0.1) is 19.8 Å².